The third-order valence-electron chi connectivity index (χ3n) is 12.0. The highest BCUT2D eigenvalue weighted by Crippen LogP contribution is 2.70. The standard InChI is InChI=1S/C31H50O6Si/c1-9-10-26-36-25-16-22-21-12-11-19-15-20(32)13-14-29(19,5)27(21)23(33)17-30(22,6)31(25,37-26)24(34)18-35-38(7,8)28(2,3)4/h15,21-23,25-27,33H,9-14,16-18H2,1-8H3/t21-,22-,23-,25+,26?,27+,29-,30-,31+/m0/s1. The molecule has 1 aliphatic heterocycles. The summed E-state index contributed by atoms with van der Waals surface area (Å²) in [5, 5.41) is 11.9. The minimum atomic E-state index is -2.14. The van der Waals surface area contributed by atoms with E-state index in [9.17, 15) is 14.7 Å². The molecule has 6 nitrogen and oxygen atoms in total. The molecule has 5 aliphatic rings. The molecule has 4 fully saturated rings. The fourth-order valence-corrected chi connectivity index (χ4v) is 9.86. The van der Waals surface area contributed by atoms with E-state index in [-0.39, 0.29) is 52.5 Å². The molecule has 1 saturated heterocycles. The van der Waals surface area contributed by atoms with Crippen LogP contribution >= 0.6 is 0 Å². The Kier molecular flexibility index (Phi) is 7.04. The van der Waals surface area contributed by atoms with Crippen molar-refractivity contribution < 1.29 is 28.6 Å². The first-order chi connectivity index (χ1) is 17.6. The van der Waals surface area contributed by atoms with Crippen molar-refractivity contribution in [2.24, 2.45) is 28.6 Å². The van der Waals surface area contributed by atoms with Crippen LogP contribution in [0.25, 0.3) is 0 Å². The monoisotopic (exact) mass is 546 g/mol. The smallest absolute Gasteiger partial charge is 0.192 e. The van der Waals surface area contributed by atoms with Crippen molar-refractivity contribution in [3.05, 3.63) is 11.6 Å². The minimum absolute atomic E-state index is 0.00262. The van der Waals surface area contributed by atoms with Gasteiger partial charge >= 0.3 is 0 Å². The molecule has 9 atom stereocenters. The third kappa shape index (κ3) is 4.00. The summed E-state index contributed by atoms with van der Waals surface area (Å²) in [7, 11) is -2.14. The predicted molar refractivity (Wildman–Crippen MR) is 149 cm³/mol. The van der Waals surface area contributed by atoms with Gasteiger partial charge in [0.05, 0.1) is 18.8 Å². The van der Waals surface area contributed by atoms with Crippen LogP contribution in [0.5, 0.6) is 0 Å². The van der Waals surface area contributed by atoms with Crippen LogP contribution in [0.15, 0.2) is 11.6 Å². The Morgan fingerprint density at radius 3 is 2.61 bits per heavy atom. The molecule has 0 radical (unpaired) electrons. The van der Waals surface area contributed by atoms with Crippen LogP contribution in [-0.4, -0.2) is 55.7 Å². The summed E-state index contributed by atoms with van der Waals surface area (Å²) in [6.45, 7) is 17.5. The maximum Gasteiger partial charge on any atom is 0.192 e. The lowest BCUT2D eigenvalue weighted by molar-refractivity contribution is -0.203. The molecule has 0 aromatic heterocycles. The topological polar surface area (TPSA) is 82.1 Å². The highest BCUT2D eigenvalue weighted by molar-refractivity contribution is 6.74. The number of rotatable bonds is 6. The lowest BCUT2D eigenvalue weighted by Gasteiger charge is -2.60. The van der Waals surface area contributed by atoms with Crippen molar-refractivity contribution in [3.63, 3.8) is 0 Å². The van der Waals surface area contributed by atoms with Gasteiger partial charge in [0.25, 0.3) is 0 Å². The van der Waals surface area contributed by atoms with Gasteiger partial charge in [-0.1, -0.05) is 53.5 Å². The second kappa shape index (κ2) is 9.33. The average Bonchev–Trinajstić information content (AvgIpc) is 3.29. The fourth-order valence-electron chi connectivity index (χ4n) is 8.94. The Hall–Kier alpha value is -0.863. The number of Topliss-reactive ketones (excluding diaryl/α,β-unsaturated/α-hetero) is 1. The molecule has 3 saturated carbocycles. The molecule has 38 heavy (non-hydrogen) atoms. The Morgan fingerprint density at radius 2 is 1.95 bits per heavy atom. The zero-order chi connectivity index (χ0) is 27.9. The van der Waals surface area contributed by atoms with Crippen molar-refractivity contribution in [2.75, 3.05) is 6.61 Å². The molecule has 0 aromatic carbocycles. The lowest BCUT2D eigenvalue weighted by atomic mass is 9.45. The van der Waals surface area contributed by atoms with Crippen molar-refractivity contribution in [2.45, 2.75) is 135 Å². The van der Waals surface area contributed by atoms with Gasteiger partial charge in [0.2, 0.25) is 0 Å². The molecule has 0 amide bonds. The molecule has 214 valence electrons. The summed E-state index contributed by atoms with van der Waals surface area (Å²) in [5.41, 5.74) is -0.563. The molecule has 0 bridgehead atoms. The van der Waals surface area contributed by atoms with Gasteiger partial charge in [0.1, 0.15) is 0 Å². The Bertz CT molecular complexity index is 1010. The summed E-state index contributed by atoms with van der Waals surface area (Å²) in [6.07, 6.45) is 6.77. The first-order valence-corrected chi connectivity index (χ1v) is 17.9. The SMILES string of the molecule is CCCC1O[C@@H]2C[C@H]3[C@@H]4CCC5=CC(=O)CC[C@]5(C)[C@H]4[C@@H](O)C[C@]3(C)[C@]2(C(=O)CO[Si](C)(C)C(C)(C)C)O1. The van der Waals surface area contributed by atoms with Crippen LogP contribution in [0, 0.1) is 28.6 Å². The van der Waals surface area contributed by atoms with E-state index in [2.05, 4.69) is 54.6 Å². The second-order valence-electron chi connectivity index (χ2n) is 15.0. The number of hydrogen-bond acceptors (Lipinski definition) is 6. The first-order valence-electron chi connectivity index (χ1n) is 15.0. The normalized spacial score (nSPS) is 44.7. The number of carbonyl (C=O) groups excluding carboxylic acids is 2. The van der Waals surface area contributed by atoms with Crippen molar-refractivity contribution in [1.29, 1.82) is 0 Å². The van der Waals surface area contributed by atoms with Crippen LogP contribution in [-0.2, 0) is 23.5 Å². The summed E-state index contributed by atoms with van der Waals surface area (Å²) in [6, 6.07) is 0. The quantitative estimate of drug-likeness (QED) is 0.413. The Labute approximate surface area is 230 Å². The Morgan fingerprint density at radius 1 is 1.24 bits per heavy atom. The highest BCUT2D eigenvalue weighted by Gasteiger charge is 2.75. The molecule has 1 N–H and O–H groups in total. The summed E-state index contributed by atoms with van der Waals surface area (Å²) in [4.78, 5) is 26.6. The molecular weight excluding hydrogens is 496 g/mol. The molecule has 0 aromatic rings. The van der Waals surface area contributed by atoms with E-state index in [1.807, 2.05) is 6.08 Å². The number of ketones is 2. The van der Waals surface area contributed by atoms with E-state index in [4.69, 9.17) is 13.9 Å². The van der Waals surface area contributed by atoms with Crippen LogP contribution in [0.1, 0.15) is 92.9 Å². The number of fused-ring (bicyclic) bond motifs is 7. The molecule has 0 spiro atoms. The van der Waals surface area contributed by atoms with E-state index in [0.717, 1.165) is 38.5 Å². The number of hydrogen-bond donors (Lipinski definition) is 1. The van der Waals surface area contributed by atoms with E-state index >= 15 is 0 Å². The van der Waals surface area contributed by atoms with Gasteiger partial charge in [-0.15, -0.1) is 0 Å². The lowest BCUT2D eigenvalue weighted by Crippen LogP contribution is -2.64. The average molecular weight is 547 g/mol. The number of carbonyl (C=O) groups is 2. The van der Waals surface area contributed by atoms with Crippen molar-refractivity contribution in [3.8, 4) is 0 Å². The van der Waals surface area contributed by atoms with Crippen LogP contribution < -0.4 is 0 Å². The molecule has 5 rings (SSSR count). The number of aliphatic hydroxyl groups excluding tert-OH is 1. The zero-order valence-electron chi connectivity index (χ0n) is 24.9. The zero-order valence-corrected chi connectivity index (χ0v) is 25.9. The molecule has 1 heterocycles. The number of aliphatic hydroxyl groups is 1. The highest BCUT2D eigenvalue weighted by atomic mass is 28.4. The third-order valence-corrected chi connectivity index (χ3v) is 16.5. The molecular formula is C31H50O6Si. The maximum atomic E-state index is 14.4. The van der Waals surface area contributed by atoms with E-state index < -0.39 is 31.7 Å². The van der Waals surface area contributed by atoms with Crippen LogP contribution in [0.2, 0.25) is 18.1 Å². The predicted octanol–water partition coefficient (Wildman–Crippen LogP) is 5.97. The number of ether oxygens (including phenoxy) is 2. The van der Waals surface area contributed by atoms with Crippen molar-refractivity contribution >= 4 is 19.9 Å². The van der Waals surface area contributed by atoms with E-state index in [1.54, 1.807) is 0 Å². The minimum Gasteiger partial charge on any atom is -0.409 e. The fraction of sp³-hybridized carbons (Fsp3) is 0.871. The van der Waals surface area contributed by atoms with Gasteiger partial charge in [0, 0.05) is 11.8 Å². The molecule has 4 aliphatic carbocycles. The van der Waals surface area contributed by atoms with Gasteiger partial charge in [-0.3, -0.25) is 9.59 Å². The van der Waals surface area contributed by atoms with Crippen molar-refractivity contribution in [1.82, 2.24) is 0 Å². The number of allylic oxidation sites excluding steroid dienone is 1. The van der Waals surface area contributed by atoms with E-state index in [0.29, 0.717) is 12.8 Å². The largest absolute Gasteiger partial charge is 0.409 e. The first kappa shape index (κ1) is 28.7. The van der Waals surface area contributed by atoms with Gasteiger partial charge in [-0.25, -0.2) is 0 Å². The molecule has 7 heteroatoms. The summed E-state index contributed by atoms with van der Waals surface area (Å²) in [5.74, 6) is 0.794. The Balaban J connectivity index is 1.50. The maximum absolute atomic E-state index is 14.4. The van der Waals surface area contributed by atoms with Crippen LogP contribution in [0.3, 0.4) is 0 Å². The van der Waals surface area contributed by atoms with Gasteiger partial charge in [-0.2, -0.15) is 0 Å². The summed E-state index contributed by atoms with van der Waals surface area (Å²) < 4.78 is 19.8. The second-order valence-corrected chi connectivity index (χ2v) is 19.8. The van der Waals surface area contributed by atoms with Gasteiger partial charge < -0.3 is 19.0 Å². The van der Waals surface area contributed by atoms with Gasteiger partial charge in [0.15, 0.2) is 31.8 Å². The van der Waals surface area contributed by atoms with Crippen LogP contribution in [0.4, 0.5) is 0 Å². The van der Waals surface area contributed by atoms with Gasteiger partial charge in [-0.05, 0) is 85.9 Å². The molecule has 1 unspecified atom stereocenters. The van der Waals surface area contributed by atoms with E-state index in [1.165, 1.54) is 5.57 Å². The summed E-state index contributed by atoms with van der Waals surface area (Å²) >= 11 is 0.